The van der Waals surface area contributed by atoms with Crippen LogP contribution in [0.15, 0.2) is 59.5 Å². The predicted octanol–water partition coefficient (Wildman–Crippen LogP) is 4.43. The highest BCUT2D eigenvalue weighted by atomic mass is 127. The average Bonchev–Trinajstić information content (AvgIpc) is 2.19. The van der Waals surface area contributed by atoms with Crippen molar-refractivity contribution in [2.24, 2.45) is 0 Å². The zero-order valence-corrected chi connectivity index (χ0v) is 10.7. The molecule has 0 fully saturated rings. The first-order valence-corrected chi connectivity index (χ1v) is 6.45. The Hall–Kier alpha value is -0.220. The van der Waals surface area contributed by atoms with Gasteiger partial charge in [-0.05, 0) is 18.6 Å². The van der Waals surface area contributed by atoms with Crippen molar-refractivity contribution in [1.29, 1.82) is 0 Å². The van der Waals surface area contributed by atoms with Crippen molar-refractivity contribution in [2.75, 3.05) is 0 Å². The Kier molecular flexibility index (Phi) is 3.34. The van der Waals surface area contributed by atoms with Crippen LogP contribution in [0.1, 0.15) is 6.42 Å². The van der Waals surface area contributed by atoms with Gasteiger partial charge in [-0.25, -0.2) is 0 Å². The van der Waals surface area contributed by atoms with E-state index in [1.54, 1.807) is 0 Å². The van der Waals surface area contributed by atoms with Crippen LogP contribution >= 0.6 is 34.4 Å². The lowest BCUT2D eigenvalue weighted by molar-refractivity contribution is 1.02. The summed E-state index contributed by atoms with van der Waals surface area (Å²) in [5.74, 6) is 0. The predicted molar refractivity (Wildman–Crippen MR) is 71.9 cm³/mol. The number of halogens is 1. The number of thioether (sulfide) groups is 1. The Labute approximate surface area is 103 Å². The standard InChI is InChI=1S/C12H11IS/c13-12(9-5-2-6-10-12)14-11-7-3-1-4-8-11/h1-9H,10H2. The molecular formula is C12H11IS. The summed E-state index contributed by atoms with van der Waals surface area (Å²) in [7, 11) is 0. The maximum absolute atomic E-state index is 2.52. The fourth-order valence-electron chi connectivity index (χ4n) is 1.33. The van der Waals surface area contributed by atoms with E-state index in [2.05, 4.69) is 77.2 Å². The number of rotatable bonds is 2. The highest BCUT2D eigenvalue weighted by molar-refractivity contribution is 14.1. The lowest BCUT2D eigenvalue weighted by Crippen LogP contribution is -2.11. The third-order valence-corrected chi connectivity index (χ3v) is 4.63. The molecule has 1 aliphatic rings. The normalized spacial score (nSPS) is 25.2. The summed E-state index contributed by atoms with van der Waals surface area (Å²) in [5.41, 5.74) is 0. The molecule has 0 amide bonds. The van der Waals surface area contributed by atoms with Gasteiger partial charge in [0.15, 0.2) is 0 Å². The van der Waals surface area contributed by atoms with Crippen molar-refractivity contribution in [2.45, 2.75) is 14.1 Å². The van der Waals surface area contributed by atoms with E-state index in [1.165, 1.54) is 4.90 Å². The summed E-state index contributed by atoms with van der Waals surface area (Å²) in [6.07, 6.45) is 9.84. The Balaban J connectivity index is 2.11. The molecule has 0 heterocycles. The van der Waals surface area contributed by atoms with Gasteiger partial charge >= 0.3 is 0 Å². The van der Waals surface area contributed by atoms with Crippen LogP contribution in [0.25, 0.3) is 0 Å². The second-order valence-electron chi connectivity index (χ2n) is 3.19. The van der Waals surface area contributed by atoms with Gasteiger partial charge in [0.25, 0.3) is 0 Å². The molecule has 72 valence electrons. The van der Waals surface area contributed by atoms with Crippen LogP contribution < -0.4 is 0 Å². The Morgan fingerprint density at radius 1 is 1.14 bits per heavy atom. The number of allylic oxidation sites excluding steroid dienone is 3. The summed E-state index contributed by atoms with van der Waals surface area (Å²) in [6, 6.07) is 10.6. The van der Waals surface area contributed by atoms with Crippen molar-refractivity contribution >= 4 is 34.4 Å². The van der Waals surface area contributed by atoms with Crippen LogP contribution in [0, 0.1) is 0 Å². The molecule has 0 saturated carbocycles. The van der Waals surface area contributed by atoms with E-state index in [0.717, 1.165) is 6.42 Å². The molecule has 1 aliphatic carbocycles. The maximum Gasteiger partial charge on any atom is 0.0935 e. The topological polar surface area (TPSA) is 0 Å². The molecule has 0 saturated heterocycles. The van der Waals surface area contributed by atoms with Gasteiger partial charge in [0, 0.05) is 4.90 Å². The minimum atomic E-state index is 0.202. The fraction of sp³-hybridized carbons (Fsp3) is 0.167. The van der Waals surface area contributed by atoms with Crippen molar-refractivity contribution in [3.63, 3.8) is 0 Å². The molecule has 2 rings (SSSR count). The van der Waals surface area contributed by atoms with Gasteiger partial charge < -0.3 is 0 Å². The number of hydrogen-bond donors (Lipinski definition) is 0. The summed E-state index contributed by atoms with van der Waals surface area (Å²) in [4.78, 5) is 1.34. The SMILES string of the molecule is IC1(Sc2ccccc2)C=CC=CC1. The Bertz CT molecular complexity index is 356. The molecule has 2 heteroatoms. The second kappa shape index (κ2) is 4.53. The minimum Gasteiger partial charge on any atom is -0.104 e. The van der Waals surface area contributed by atoms with E-state index in [1.807, 2.05) is 11.8 Å². The second-order valence-corrected chi connectivity index (χ2v) is 7.25. The van der Waals surface area contributed by atoms with Gasteiger partial charge in [0.05, 0.1) is 2.75 Å². The highest BCUT2D eigenvalue weighted by Gasteiger charge is 2.24. The van der Waals surface area contributed by atoms with Gasteiger partial charge in [0.1, 0.15) is 0 Å². The number of hydrogen-bond acceptors (Lipinski definition) is 1. The van der Waals surface area contributed by atoms with E-state index in [4.69, 9.17) is 0 Å². The van der Waals surface area contributed by atoms with E-state index >= 15 is 0 Å². The first-order chi connectivity index (χ1) is 6.79. The molecule has 0 N–H and O–H groups in total. The molecule has 14 heavy (non-hydrogen) atoms. The van der Waals surface area contributed by atoms with Crippen LogP contribution in [0.5, 0.6) is 0 Å². The maximum atomic E-state index is 2.52. The third-order valence-electron chi connectivity index (χ3n) is 2.02. The molecule has 1 unspecified atom stereocenters. The molecule has 0 radical (unpaired) electrons. The van der Waals surface area contributed by atoms with Crippen molar-refractivity contribution < 1.29 is 0 Å². The van der Waals surface area contributed by atoms with Gasteiger partial charge in [-0.15, -0.1) is 11.8 Å². The van der Waals surface area contributed by atoms with E-state index < -0.39 is 0 Å². The first-order valence-electron chi connectivity index (χ1n) is 4.56. The molecule has 0 nitrogen and oxygen atoms in total. The fourth-order valence-corrected chi connectivity index (χ4v) is 3.57. The van der Waals surface area contributed by atoms with E-state index in [0.29, 0.717) is 0 Å². The molecule has 0 aromatic heterocycles. The Morgan fingerprint density at radius 2 is 1.93 bits per heavy atom. The molecule has 0 aliphatic heterocycles. The van der Waals surface area contributed by atoms with Crippen LogP contribution in [0.4, 0.5) is 0 Å². The summed E-state index contributed by atoms with van der Waals surface area (Å²) < 4.78 is 0.202. The molecular weight excluding hydrogens is 303 g/mol. The molecule has 1 aromatic carbocycles. The van der Waals surface area contributed by atoms with Crippen molar-refractivity contribution in [1.82, 2.24) is 0 Å². The average molecular weight is 314 g/mol. The lowest BCUT2D eigenvalue weighted by atomic mass is 10.2. The van der Waals surface area contributed by atoms with Crippen molar-refractivity contribution in [3.05, 3.63) is 54.6 Å². The summed E-state index contributed by atoms with van der Waals surface area (Å²) in [6.45, 7) is 0. The third kappa shape index (κ3) is 2.64. The molecule has 0 bridgehead atoms. The lowest BCUT2D eigenvalue weighted by Gasteiger charge is -2.23. The van der Waals surface area contributed by atoms with Gasteiger partial charge in [-0.1, -0.05) is 65.1 Å². The van der Waals surface area contributed by atoms with Crippen LogP contribution in [0.2, 0.25) is 0 Å². The van der Waals surface area contributed by atoms with E-state index in [9.17, 15) is 0 Å². The number of alkyl halides is 1. The summed E-state index contributed by atoms with van der Waals surface area (Å²) in [5, 5.41) is 0. The largest absolute Gasteiger partial charge is 0.104 e. The van der Waals surface area contributed by atoms with Crippen LogP contribution in [0.3, 0.4) is 0 Å². The minimum absolute atomic E-state index is 0.202. The van der Waals surface area contributed by atoms with Crippen LogP contribution in [-0.4, -0.2) is 2.75 Å². The monoisotopic (exact) mass is 314 g/mol. The van der Waals surface area contributed by atoms with Gasteiger partial charge in [0.2, 0.25) is 0 Å². The van der Waals surface area contributed by atoms with Crippen LogP contribution in [-0.2, 0) is 0 Å². The first kappa shape index (κ1) is 10.3. The molecule has 1 aromatic rings. The van der Waals surface area contributed by atoms with Gasteiger partial charge in [-0.2, -0.15) is 0 Å². The molecule has 1 atom stereocenters. The summed E-state index contributed by atoms with van der Waals surface area (Å²) >= 11 is 4.43. The quantitative estimate of drug-likeness (QED) is 0.575. The number of benzene rings is 1. The Morgan fingerprint density at radius 3 is 2.57 bits per heavy atom. The zero-order chi connectivity index (χ0) is 9.86. The highest BCUT2D eigenvalue weighted by Crippen LogP contribution is 2.43. The van der Waals surface area contributed by atoms with Gasteiger partial charge in [-0.3, -0.25) is 0 Å². The smallest absolute Gasteiger partial charge is 0.0935 e. The zero-order valence-electron chi connectivity index (χ0n) is 7.69. The van der Waals surface area contributed by atoms with E-state index in [-0.39, 0.29) is 2.75 Å². The van der Waals surface area contributed by atoms with Crippen molar-refractivity contribution in [3.8, 4) is 0 Å². The molecule has 0 spiro atoms.